The Bertz CT molecular complexity index is 1350. The minimum atomic E-state index is -3.57. The molecule has 0 radical (unpaired) electrons. The van der Waals surface area contributed by atoms with Gasteiger partial charge in [-0.15, -0.1) is 12.4 Å². The van der Waals surface area contributed by atoms with E-state index >= 15 is 0 Å². The zero-order chi connectivity index (χ0) is 26.7. The van der Waals surface area contributed by atoms with Gasteiger partial charge in [0.05, 0.1) is 15.1 Å². The fourth-order valence-electron chi connectivity index (χ4n) is 4.83. The topological polar surface area (TPSA) is 73.8 Å². The van der Waals surface area contributed by atoms with E-state index in [0.29, 0.717) is 36.2 Å². The van der Waals surface area contributed by atoms with Crippen molar-refractivity contribution in [3.63, 3.8) is 0 Å². The first-order valence-corrected chi connectivity index (χ1v) is 15.4. The van der Waals surface area contributed by atoms with Crippen LogP contribution in [0.4, 0.5) is 5.13 Å². The molecular formula is C28H39ClN4O3S2. The molecule has 1 unspecified atom stereocenters. The number of nitrogens with zero attached hydrogens (tertiary/aromatic N) is 4. The van der Waals surface area contributed by atoms with Crippen molar-refractivity contribution in [2.75, 3.05) is 44.2 Å². The van der Waals surface area contributed by atoms with E-state index in [1.54, 1.807) is 33.5 Å². The van der Waals surface area contributed by atoms with E-state index in [0.717, 1.165) is 48.3 Å². The zero-order valence-electron chi connectivity index (χ0n) is 22.9. The molecule has 1 aliphatic heterocycles. The number of benzene rings is 2. The van der Waals surface area contributed by atoms with E-state index < -0.39 is 10.0 Å². The van der Waals surface area contributed by atoms with Gasteiger partial charge in [0, 0.05) is 31.7 Å². The molecule has 1 saturated heterocycles. The number of thiazole rings is 1. The number of hydrogen-bond acceptors (Lipinski definition) is 6. The lowest BCUT2D eigenvalue weighted by Crippen LogP contribution is -2.39. The first-order valence-electron chi connectivity index (χ1n) is 13.2. The Kier molecular flexibility index (Phi) is 10.3. The van der Waals surface area contributed by atoms with Crippen molar-refractivity contribution in [1.29, 1.82) is 0 Å². The van der Waals surface area contributed by atoms with Crippen molar-refractivity contribution in [2.45, 2.75) is 52.4 Å². The van der Waals surface area contributed by atoms with Gasteiger partial charge in [0.25, 0.3) is 5.91 Å². The van der Waals surface area contributed by atoms with Crippen molar-refractivity contribution in [3.8, 4) is 0 Å². The Morgan fingerprint density at radius 2 is 1.76 bits per heavy atom. The monoisotopic (exact) mass is 578 g/mol. The number of hydrogen-bond donors (Lipinski definition) is 0. The number of carbonyl (C=O) groups excluding carboxylic acids is 1. The predicted octanol–water partition coefficient (Wildman–Crippen LogP) is 5.74. The van der Waals surface area contributed by atoms with Gasteiger partial charge in [-0.2, -0.15) is 4.31 Å². The number of piperidine rings is 1. The quantitative estimate of drug-likeness (QED) is 0.323. The largest absolute Gasteiger partial charge is 0.302 e. The highest BCUT2D eigenvalue weighted by Crippen LogP contribution is 2.33. The van der Waals surface area contributed by atoms with Crippen molar-refractivity contribution in [2.24, 2.45) is 5.92 Å². The van der Waals surface area contributed by atoms with Crippen LogP contribution in [-0.2, 0) is 10.0 Å². The predicted molar refractivity (Wildman–Crippen MR) is 159 cm³/mol. The summed E-state index contributed by atoms with van der Waals surface area (Å²) in [6.45, 7) is 14.6. The molecule has 208 valence electrons. The smallest absolute Gasteiger partial charge is 0.260 e. The standard InChI is InChI=1S/C28H38N4O3S2.ClH/c1-6-30(7-2)17-18-32(28-29-26-22(5)21(4)10-15-25(26)36-28)27(33)23-11-13-24(14-12-23)37(34,35)31-16-8-9-20(3)19-31;/h10-15,20H,6-9,16-19H2,1-5H3;1H. The first-order chi connectivity index (χ1) is 17.6. The lowest BCUT2D eigenvalue weighted by Gasteiger charge is -2.30. The van der Waals surface area contributed by atoms with E-state index in [2.05, 4.69) is 51.7 Å². The van der Waals surface area contributed by atoms with Crippen LogP contribution in [0.1, 0.15) is 55.1 Å². The average Bonchev–Trinajstić information content (AvgIpc) is 3.33. The van der Waals surface area contributed by atoms with Crippen LogP contribution < -0.4 is 4.90 Å². The number of aromatic nitrogens is 1. The Balaban J connectivity index is 0.00000400. The van der Waals surface area contributed by atoms with Crippen LogP contribution in [0.5, 0.6) is 0 Å². The Morgan fingerprint density at radius 1 is 1.08 bits per heavy atom. The van der Waals surface area contributed by atoms with Crippen LogP contribution in [0.3, 0.4) is 0 Å². The Hall–Kier alpha value is -2.04. The van der Waals surface area contributed by atoms with Crippen LogP contribution in [0, 0.1) is 19.8 Å². The molecule has 1 atom stereocenters. The van der Waals surface area contributed by atoms with Crippen LogP contribution >= 0.6 is 23.7 Å². The summed E-state index contributed by atoms with van der Waals surface area (Å²) in [6, 6.07) is 10.6. The first kappa shape index (κ1) is 30.5. The molecule has 1 aromatic heterocycles. The summed E-state index contributed by atoms with van der Waals surface area (Å²) in [5, 5.41) is 0.667. The van der Waals surface area contributed by atoms with Crippen molar-refractivity contribution in [1.82, 2.24) is 14.2 Å². The fourth-order valence-corrected chi connectivity index (χ4v) is 7.48. The molecule has 0 N–H and O–H groups in total. The average molecular weight is 579 g/mol. The molecule has 3 aromatic rings. The molecule has 4 rings (SSSR count). The van der Waals surface area contributed by atoms with Crippen molar-refractivity contribution in [3.05, 3.63) is 53.1 Å². The maximum Gasteiger partial charge on any atom is 0.260 e. The van der Waals surface area contributed by atoms with Gasteiger partial charge in [-0.25, -0.2) is 13.4 Å². The minimum Gasteiger partial charge on any atom is -0.302 e. The molecule has 2 aromatic carbocycles. The van der Waals surface area contributed by atoms with Gasteiger partial charge in [-0.05, 0) is 87.2 Å². The second-order valence-corrected chi connectivity index (χ2v) is 12.9. The Labute approximate surface area is 237 Å². The molecule has 1 amide bonds. The number of halogens is 1. The highest BCUT2D eigenvalue weighted by Gasteiger charge is 2.29. The van der Waals surface area contributed by atoms with Gasteiger partial charge in [0.1, 0.15) is 0 Å². The molecule has 1 fully saturated rings. The molecule has 0 spiro atoms. The van der Waals surface area contributed by atoms with Crippen LogP contribution in [-0.4, -0.2) is 67.8 Å². The number of anilines is 1. The molecular weight excluding hydrogens is 540 g/mol. The van der Waals surface area contributed by atoms with Gasteiger partial charge >= 0.3 is 0 Å². The number of rotatable bonds is 9. The SMILES string of the molecule is CCN(CC)CCN(C(=O)c1ccc(S(=O)(=O)N2CCCC(C)C2)cc1)c1nc2c(C)c(C)ccc2s1.Cl. The maximum atomic E-state index is 13.8. The maximum absolute atomic E-state index is 13.8. The van der Waals surface area contributed by atoms with E-state index in [4.69, 9.17) is 4.98 Å². The molecule has 10 heteroatoms. The lowest BCUT2D eigenvalue weighted by atomic mass is 10.0. The second kappa shape index (κ2) is 12.9. The number of sulfonamides is 1. The molecule has 38 heavy (non-hydrogen) atoms. The van der Waals surface area contributed by atoms with Gasteiger partial charge in [-0.1, -0.05) is 38.2 Å². The molecule has 0 bridgehead atoms. The van der Waals surface area contributed by atoms with Crippen LogP contribution in [0.2, 0.25) is 0 Å². The summed E-state index contributed by atoms with van der Waals surface area (Å²) in [5.41, 5.74) is 3.68. The second-order valence-electron chi connectivity index (χ2n) is 9.97. The number of carbonyl (C=O) groups is 1. The van der Waals surface area contributed by atoms with E-state index in [-0.39, 0.29) is 23.2 Å². The fraction of sp³-hybridized carbons (Fsp3) is 0.500. The van der Waals surface area contributed by atoms with Crippen LogP contribution in [0.25, 0.3) is 10.2 Å². The summed E-state index contributed by atoms with van der Waals surface area (Å²) in [4.78, 5) is 22.9. The van der Waals surface area contributed by atoms with E-state index in [1.807, 2.05) is 0 Å². The summed E-state index contributed by atoms with van der Waals surface area (Å²) in [7, 11) is -3.57. The zero-order valence-corrected chi connectivity index (χ0v) is 25.4. The highest BCUT2D eigenvalue weighted by atomic mass is 35.5. The summed E-state index contributed by atoms with van der Waals surface area (Å²) in [5.74, 6) is 0.182. The van der Waals surface area contributed by atoms with E-state index in [9.17, 15) is 13.2 Å². The van der Waals surface area contributed by atoms with Crippen LogP contribution in [0.15, 0.2) is 41.3 Å². The number of likely N-dealkylation sites (N-methyl/N-ethyl adjacent to an activating group) is 1. The van der Waals surface area contributed by atoms with Gasteiger partial charge < -0.3 is 4.90 Å². The third-order valence-corrected chi connectivity index (χ3v) is 10.4. The lowest BCUT2D eigenvalue weighted by molar-refractivity contribution is 0.0983. The number of amides is 1. The Morgan fingerprint density at radius 3 is 2.39 bits per heavy atom. The summed E-state index contributed by atoms with van der Waals surface area (Å²) < 4.78 is 29.0. The van der Waals surface area contributed by atoms with E-state index in [1.165, 1.54) is 16.9 Å². The summed E-state index contributed by atoms with van der Waals surface area (Å²) in [6.07, 6.45) is 1.92. The van der Waals surface area contributed by atoms with Crippen molar-refractivity contribution >= 4 is 55.0 Å². The normalized spacial score (nSPS) is 16.5. The highest BCUT2D eigenvalue weighted by molar-refractivity contribution is 7.89. The minimum absolute atomic E-state index is 0. The van der Waals surface area contributed by atoms with Crippen molar-refractivity contribution < 1.29 is 13.2 Å². The third-order valence-electron chi connectivity index (χ3n) is 7.44. The van der Waals surface area contributed by atoms with Gasteiger partial charge in [0.15, 0.2) is 5.13 Å². The summed E-state index contributed by atoms with van der Waals surface area (Å²) >= 11 is 1.52. The molecule has 0 saturated carbocycles. The number of aryl methyl sites for hydroxylation is 2. The number of fused-ring (bicyclic) bond motifs is 1. The third kappa shape index (κ3) is 6.39. The molecule has 1 aliphatic rings. The molecule has 7 nitrogen and oxygen atoms in total. The molecule has 0 aliphatic carbocycles. The van der Waals surface area contributed by atoms with Gasteiger partial charge in [-0.3, -0.25) is 9.69 Å². The van der Waals surface area contributed by atoms with Gasteiger partial charge in [0.2, 0.25) is 10.0 Å². The molecule has 2 heterocycles.